The molecule has 22 heavy (non-hydrogen) atoms. The van der Waals surface area contributed by atoms with E-state index in [1.54, 1.807) is 13.8 Å². The Kier molecular flexibility index (Phi) is 5.21. The van der Waals surface area contributed by atoms with E-state index in [2.05, 4.69) is 24.3 Å². The zero-order valence-electron chi connectivity index (χ0n) is 13.6. The van der Waals surface area contributed by atoms with E-state index >= 15 is 0 Å². The first-order valence-corrected chi connectivity index (χ1v) is 7.79. The molecule has 0 bridgehead atoms. The Bertz CT molecular complexity index is 533. The smallest absolute Gasteiger partial charge is 0.344 e. The summed E-state index contributed by atoms with van der Waals surface area (Å²) in [6, 6.07) is 0.161. The number of aromatic nitrogens is 1. The van der Waals surface area contributed by atoms with E-state index in [4.69, 9.17) is 9.26 Å². The number of nitrogens with zero attached hydrogens (tertiary/aromatic N) is 1. The number of hydrogen-bond acceptors (Lipinski definition) is 5. The lowest BCUT2D eigenvalue weighted by atomic mass is 9.78. The molecule has 6 heteroatoms. The van der Waals surface area contributed by atoms with Gasteiger partial charge in [-0.25, -0.2) is 4.79 Å². The van der Waals surface area contributed by atoms with Crippen LogP contribution in [0.5, 0.6) is 0 Å². The third-order valence-corrected chi connectivity index (χ3v) is 4.63. The minimum atomic E-state index is -0.573. The molecule has 122 valence electrons. The van der Waals surface area contributed by atoms with Gasteiger partial charge in [-0.05, 0) is 32.1 Å². The van der Waals surface area contributed by atoms with Crippen molar-refractivity contribution in [2.45, 2.75) is 53.0 Å². The zero-order valence-corrected chi connectivity index (χ0v) is 13.6. The van der Waals surface area contributed by atoms with Crippen LogP contribution < -0.4 is 5.32 Å². The molecule has 3 atom stereocenters. The summed E-state index contributed by atoms with van der Waals surface area (Å²) in [5.41, 5.74) is 0.769. The van der Waals surface area contributed by atoms with E-state index < -0.39 is 5.97 Å². The van der Waals surface area contributed by atoms with Gasteiger partial charge in [-0.15, -0.1) is 0 Å². The van der Waals surface area contributed by atoms with E-state index in [0.717, 1.165) is 12.8 Å². The van der Waals surface area contributed by atoms with Crippen LogP contribution in [0, 0.1) is 25.7 Å². The number of carbonyl (C=O) groups excluding carboxylic acids is 2. The number of esters is 1. The second-order valence-corrected chi connectivity index (χ2v) is 6.22. The lowest BCUT2D eigenvalue weighted by Crippen LogP contribution is -2.45. The molecule has 0 unspecified atom stereocenters. The minimum Gasteiger partial charge on any atom is -0.452 e. The van der Waals surface area contributed by atoms with Crippen LogP contribution >= 0.6 is 0 Å². The summed E-state index contributed by atoms with van der Waals surface area (Å²) in [7, 11) is 0. The fourth-order valence-electron chi connectivity index (χ4n) is 3.01. The normalized spacial score (nSPS) is 24.8. The number of carbonyl (C=O) groups is 2. The molecular formula is C16H24N2O4. The fraction of sp³-hybridized carbons (Fsp3) is 0.688. The van der Waals surface area contributed by atoms with Gasteiger partial charge in [0.1, 0.15) is 11.3 Å². The molecule has 1 fully saturated rings. The molecule has 0 radical (unpaired) electrons. The predicted molar refractivity (Wildman–Crippen MR) is 80.4 cm³/mol. The van der Waals surface area contributed by atoms with Gasteiger partial charge in [0.2, 0.25) is 0 Å². The maximum absolute atomic E-state index is 12.0. The van der Waals surface area contributed by atoms with E-state index in [-0.39, 0.29) is 18.6 Å². The van der Waals surface area contributed by atoms with Crippen molar-refractivity contribution in [3.63, 3.8) is 0 Å². The topological polar surface area (TPSA) is 81.4 Å². The summed E-state index contributed by atoms with van der Waals surface area (Å²) >= 11 is 0. The number of hydrogen-bond donors (Lipinski definition) is 1. The third-order valence-electron chi connectivity index (χ3n) is 4.63. The third kappa shape index (κ3) is 3.67. The van der Waals surface area contributed by atoms with Crippen molar-refractivity contribution < 1.29 is 18.8 Å². The first-order valence-electron chi connectivity index (χ1n) is 7.79. The summed E-state index contributed by atoms with van der Waals surface area (Å²) in [6.45, 7) is 7.39. The highest BCUT2D eigenvalue weighted by Gasteiger charge is 2.28. The first kappa shape index (κ1) is 16.5. The lowest BCUT2D eigenvalue weighted by molar-refractivity contribution is -0.125. The summed E-state index contributed by atoms with van der Waals surface area (Å²) in [6.07, 6.45) is 3.30. The largest absolute Gasteiger partial charge is 0.452 e. The van der Waals surface area contributed by atoms with Gasteiger partial charge in [0.25, 0.3) is 5.91 Å². The zero-order chi connectivity index (χ0) is 16.3. The van der Waals surface area contributed by atoms with Crippen LogP contribution in [0.3, 0.4) is 0 Å². The van der Waals surface area contributed by atoms with Gasteiger partial charge in [0.15, 0.2) is 6.61 Å². The minimum absolute atomic E-state index is 0.161. The van der Waals surface area contributed by atoms with Crippen molar-refractivity contribution in [3.05, 3.63) is 17.0 Å². The quantitative estimate of drug-likeness (QED) is 0.864. The predicted octanol–water partition coefficient (Wildman–Crippen LogP) is 2.39. The SMILES string of the molecule is Cc1noc(C)c1C(=O)OCC(=O)N[C@H]1CCC[C@H](C)[C@@H]1C. The van der Waals surface area contributed by atoms with Crippen LogP contribution in [0.15, 0.2) is 4.52 Å². The molecule has 1 aromatic heterocycles. The number of ether oxygens (including phenoxy) is 1. The first-order chi connectivity index (χ1) is 10.4. The van der Waals surface area contributed by atoms with Crippen LogP contribution in [0.2, 0.25) is 0 Å². The van der Waals surface area contributed by atoms with Crippen molar-refractivity contribution in [1.82, 2.24) is 10.5 Å². The molecule has 1 amide bonds. The summed E-state index contributed by atoms with van der Waals surface area (Å²) in [5.74, 6) is 0.611. The average Bonchev–Trinajstić information content (AvgIpc) is 2.81. The Labute approximate surface area is 130 Å². The van der Waals surface area contributed by atoms with Crippen molar-refractivity contribution in [2.75, 3.05) is 6.61 Å². The van der Waals surface area contributed by atoms with Crippen LogP contribution in [-0.4, -0.2) is 29.7 Å². The molecule has 1 heterocycles. The molecule has 1 aromatic rings. The van der Waals surface area contributed by atoms with Crippen LogP contribution in [0.25, 0.3) is 0 Å². The Morgan fingerprint density at radius 1 is 1.32 bits per heavy atom. The Balaban J connectivity index is 1.84. The van der Waals surface area contributed by atoms with E-state index in [9.17, 15) is 9.59 Å². The molecule has 0 aromatic carbocycles. The molecule has 0 spiro atoms. The molecule has 1 aliphatic rings. The number of amides is 1. The van der Waals surface area contributed by atoms with E-state index in [0.29, 0.717) is 28.9 Å². The highest BCUT2D eigenvalue weighted by atomic mass is 16.5. The number of rotatable bonds is 4. The Morgan fingerprint density at radius 3 is 2.68 bits per heavy atom. The van der Waals surface area contributed by atoms with Gasteiger partial charge < -0.3 is 14.6 Å². The number of nitrogens with one attached hydrogen (secondary N) is 1. The van der Waals surface area contributed by atoms with Crippen molar-refractivity contribution in [1.29, 1.82) is 0 Å². The fourth-order valence-corrected chi connectivity index (χ4v) is 3.01. The van der Waals surface area contributed by atoms with Crippen LogP contribution in [0.4, 0.5) is 0 Å². The van der Waals surface area contributed by atoms with Crippen LogP contribution in [0.1, 0.15) is 54.9 Å². The molecule has 1 saturated carbocycles. The molecule has 2 rings (SSSR count). The van der Waals surface area contributed by atoms with Gasteiger partial charge in [-0.2, -0.15) is 0 Å². The van der Waals surface area contributed by atoms with Gasteiger partial charge in [-0.1, -0.05) is 31.8 Å². The second kappa shape index (κ2) is 6.94. The standard InChI is InChI=1S/C16H24N2O4/c1-9-6-5-7-13(10(9)2)17-14(19)8-21-16(20)15-11(3)18-22-12(15)4/h9-10,13H,5-8H2,1-4H3,(H,17,19)/t9-,10-,13-/m0/s1. The molecular weight excluding hydrogens is 284 g/mol. The lowest BCUT2D eigenvalue weighted by Gasteiger charge is -2.34. The number of aryl methyl sites for hydroxylation is 2. The van der Waals surface area contributed by atoms with Crippen molar-refractivity contribution in [3.8, 4) is 0 Å². The van der Waals surface area contributed by atoms with Crippen molar-refractivity contribution >= 4 is 11.9 Å². The molecule has 0 saturated heterocycles. The molecule has 0 aliphatic heterocycles. The van der Waals surface area contributed by atoms with Crippen molar-refractivity contribution in [2.24, 2.45) is 11.8 Å². The molecule has 1 aliphatic carbocycles. The van der Waals surface area contributed by atoms with E-state index in [1.165, 1.54) is 6.42 Å². The highest BCUT2D eigenvalue weighted by Crippen LogP contribution is 2.29. The summed E-state index contributed by atoms with van der Waals surface area (Å²) in [5, 5.41) is 6.67. The highest BCUT2D eigenvalue weighted by molar-refractivity contribution is 5.93. The maximum Gasteiger partial charge on any atom is 0.344 e. The summed E-state index contributed by atoms with van der Waals surface area (Å²) in [4.78, 5) is 23.9. The van der Waals surface area contributed by atoms with Crippen LogP contribution in [-0.2, 0) is 9.53 Å². The van der Waals surface area contributed by atoms with E-state index in [1.807, 2.05) is 0 Å². The maximum atomic E-state index is 12.0. The van der Waals surface area contributed by atoms with Gasteiger partial charge in [0, 0.05) is 6.04 Å². The van der Waals surface area contributed by atoms with Gasteiger partial charge >= 0.3 is 5.97 Å². The molecule has 6 nitrogen and oxygen atoms in total. The van der Waals surface area contributed by atoms with Gasteiger partial charge in [-0.3, -0.25) is 4.79 Å². The molecule has 1 N–H and O–H groups in total. The second-order valence-electron chi connectivity index (χ2n) is 6.22. The van der Waals surface area contributed by atoms with Gasteiger partial charge in [0.05, 0.1) is 5.69 Å². The Hall–Kier alpha value is -1.85. The summed E-state index contributed by atoms with van der Waals surface area (Å²) < 4.78 is 9.98. The Morgan fingerprint density at radius 2 is 2.05 bits per heavy atom. The monoisotopic (exact) mass is 308 g/mol. The average molecular weight is 308 g/mol.